The first-order valence-corrected chi connectivity index (χ1v) is 9.63. The van der Waals surface area contributed by atoms with Gasteiger partial charge in [0.2, 0.25) is 11.8 Å². The third kappa shape index (κ3) is 3.63. The molecule has 0 aliphatic carbocycles. The van der Waals surface area contributed by atoms with Crippen molar-refractivity contribution in [1.82, 2.24) is 25.0 Å². The first-order chi connectivity index (χ1) is 13.7. The molecule has 28 heavy (non-hydrogen) atoms. The highest BCUT2D eigenvalue weighted by atomic mass is 32.2. The SMILES string of the molecule is COc1ccc(-c2nnc([C@@H](C)Sc3nnc(-c4ccccc4)n3C)o2)cc1. The van der Waals surface area contributed by atoms with Gasteiger partial charge in [-0.15, -0.1) is 20.4 Å². The Bertz CT molecular complexity index is 1060. The zero-order valence-electron chi connectivity index (χ0n) is 15.7. The average molecular weight is 393 g/mol. The number of nitrogens with zero attached hydrogens (tertiary/aromatic N) is 5. The fourth-order valence-electron chi connectivity index (χ4n) is 2.71. The summed E-state index contributed by atoms with van der Waals surface area (Å²) in [5.41, 5.74) is 1.87. The Balaban J connectivity index is 1.51. The lowest BCUT2D eigenvalue weighted by Gasteiger charge is -2.07. The van der Waals surface area contributed by atoms with Gasteiger partial charge in [0, 0.05) is 18.2 Å². The molecule has 0 N–H and O–H groups in total. The molecule has 0 spiro atoms. The van der Waals surface area contributed by atoms with E-state index in [1.165, 1.54) is 11.8 Å². The largest absolute Gasteiger partial charge is 0.497 e. The second kappa shape index (κ2) is 7.85. The lowest BCUT2D eigenvalue weighted by atomic mass is 10.2. The Morgan fingerprint density at radius 1 is 0.929 bits per heavy atom. The highest BCUT2D eigenvalue weighted by Gasteiger charge is 2.20. The molecule has 0 bridgehead atoms. The lowest BCUT2D eigenvalue weighted by Crippen LogP contribution is -1.97. The van der Waals surface area contributed by atoms with Gasteiger partial charge in [0.15, 0.2) is 11.0 Å². The first kappa shape index (κ1) is 18.2. The maximum absolute atomic E-state index is 5.87. The van der Waals surface area contributed by atoms with Gasteiger partial charge >= 0.3 is 0 Å². The summed E-state index contributed by atoms with van der Waals surface area (Å²) in [7, 11) is 3.59. The van der Waals surface area contributed by atoms with Crippen LogP contribution in [-0.2, 0) is 7.05 Å². The minimum absolute atomic E-state index is 0.0639. The van der Waals surface area contributed by atoms with Crippen LogP contribution in [0.1, 0.15) is 18.1 Å². The molecule has 0 fully saturated rings. The Morgan fingerprint density at radius 2 is 1.68 bits per heavy atom. The van der Waals surface area contributed by atoms with Crippen LogP contribution in [0.15, 0.2) is 64.2 Å². The molecule has 1 atom stereocenters. The third-order valence-corrected chi connectivity index (χ3v) is 5.40. The fourth-order valence-corrected chi connectivity index (χ4v) is 3.56. The molecule has 4 aromatic rings. The minimum atomic E-state index is -0.0639. The van der Waals surface area contributed by atoms with Gasteiger partial charge in [0.1, 0.15) is 5.75 Å². The number of thioether (sulfide) groups is 1. The molecule has 2 aromatic heterocycles. The van der Waals surface area contributed by atoms with Crippen molar-refractivity contribution in [1.29, 1.82) is 0 Å². The number of aromatic nitrogens is 5. The van der Waals surface area contributed by atoms with E-state index in [2.05, 4.69) is 20.4 Å². The zero-order chi connectivity index (χ0) is 19.5. The van der Waals surface area contributed by atoms with Crippen molar-refractivity contribution in [3.05, 3.63) is 60.5 Å². The monoisotopic (exact) mass is 393 g/mol. The minimum Gasteiger partial charge on any atom is -0.497 e. The number of methoxy groups -OCH3 is 1. The Labute approximate surface area is 166 Å². The summed E-state index contributed by atoms with van der Waals surface area (Å²) in [5, 5.41) is 17.7. The Kier molecular flexibility index (Phi) is 5.12. The van der Waals surface area contributed by atoms with Crippen LogP contribution in [0.4, 0.5) is 0 Å². The van der Waals surface area contributed by atoms with E-state index in [0.717, 1.165) is 27.9 Å². The van der Waals surface area contributed by atoms with Crippen LogP contribution >= 0.6 is 11.8 Å². The molecule has 0 saturated heterocycles. The Hall–Kier alpha value is -3.13. The van der Waals surface area contributed by atoms with Crippen LogP contribution in [0, 0.1) is 0 Å². The summed E-state index contributed by atoms with van der Waals surface area (Å²) in [5.74, 6) is 2.62. The molecule has 0 aliphatic heterocycles. The maximum Gasteiger partial charge on any atom is 0.247 e. The number of hydrogen-bond acceptors (Lipinski definition) is 7. The van der Waals surface area contributed by atoms with Crippen LogP contribution in [-0.4, -0.2) is 32.1 Å². The smallest absolute Gasteiger partial charge is 0.247 e. The summed E-state index contributed by atoms with van der Waals surface area (Å²) < 4.78 is 13.0. The van der Waals surface area contributed by atoms with Crippen molar-refractivity contribution in [2.75, 3.05) is 7.11 Å². The summed E-state index contributed by atoms with van der Waals surface area (Å²) in [4.78, 5) is 0. The van der Waals surface area contributed by atoms with Crippen molar-refractivity contribution >= 4 is 11.8 Å². The standard InChI is InChI=1S/C20H19N5O2S/c1-13(18-22-23-19(27-18)15-9-11-16(26-3)12-10-15)28-20-24-21-17(25(20)2)14-7-5-4-6-8-14/h4-13H,1-3H3/t13-/m1/s1. The van der Waals surface area contributed by atoms with Crippen LogP contribution in [0.25, 0.3) is 22.8 Å². The second-order valence-corrected chi connectivity index (χ2v) is 7.47. The van der Waals surface area contributed by atoms with E-state index in [9.17, 15) is 0 Å². The first-order valence-electron chi connectivity index (χ1n) is 8.75. The van der Waals surface area contributed by atoms with Gasteiger partial charge in [-0.05, 0) is 31.2 Å². The number of hydrogen-bond donors (Lipinski definition) is 0. The van der Waals surface area contributed by atoms with E-state index in [1.807, 2.05) is 73.1 Å². The zero-order valence-corrected chi connectivity index (χ0v) is 16.6. The third-order valence-electron chi connectivity index (χ3n) is 4.27. The summed E-state index contributed by atoms with van der Waals surface area (Å²) >= 11 is 1.53. The molecule has 0 unspecified atom stereocenters. The van der Waals surface area contributed by atoms with Crippen LogP contribution in [0.2, 0.25) is 0 Å². The van der Waals surface area contributed by atoms with Crippen molar-refractivity contribution < 1.29 is 9.15 Å². The van der Waals surface area contributed by atoms with E-state index in [4.69, 9.17) is 9.15 Å². The van der Waals surface area contributed by atoms with E-state index in [-0.39, 0.29) is 5.25 Å². The summed E-state index contributed by atoms with van der Waals surface area (Å²) in [6.07, 6.45) is 0. The topological polar surface area (TPSA) is 78.9 Å². The van der Waals surface area contributed by atoms with Crippen molar-refractivity contribution in [3.8, 4) is 28.6 Å². The average Bonchev–Trinajstić information content (AvgIpc) is 3.37. The normalized spacial score (nSPS) is 12.1. The highest BCUT2D eigenvalue weighted by molar-refractivity contribution is 7.99. The molecule has 7 nitrogen and oxygen atoms in total. The highest BCUT2D eigenvalue weighted by Crippen LogP contribution is 2.35. The van der Waals surface area contributed by atoms with E-state index in [0.29, 0.717) is 11.8 Å². The summed E-state index contributed by atoms with van der Waals surface area (Å²) in [6.45, 7) is 2.01. The molecular weight excluding hydrogens is 374 g/mol. The Morgan fingerprint density at radius 3 is 2.39 bits per heavy atom. The number of rotatable bonds is 6. The van der Waals surface area contributed by atoms with Gasteiger partial charge in [0.05, 0.1) is 12.4 Å². The molecule has 142 valence electrons. The van der Waals surface area contributed by atoms with Gasteiger partial charge in [-0.25, -0.2) is 0 Å². The van der Waals surface area contributed by atoms with E-state index >= 15 is 0 Å². The molecule has 8 heteroatoms. The van der Waals surface area contributed by atoms with Gasteiger partial charge in [-0.3, -0.25) is 0 Å². The van der Waals surface area contributed by atoms with Gasteiger partial charge < -0.3 is 13.7 Å². The summed E-state index contributed by atoms with van der Waals surface area (Å²) in [6, 6.07) is 17.5. The molecule has 0 aliphatic rings. The molecule has 0 saturated carbocycles. The van der Waals surface area contributed by atoms with Gasteiger partial charge in [0.25, 0.3) is 0 Å². The van der Waals surface area contributed by atoms with Gasteiger partial charge in [-0.2, -0.15) is 0 Å². The van der Waals surface area contributed by atoms with Gasteiger partial charge in [-0.1, -0.05) is 42.1 Å². The van der Waals surface area contributed by atoms with Crippen molar-refractivity contribution in [2.24, 2.45) is 7.05 Å². The number of benzene rings is 2. The number of ether oxygens (including phenoxy) is 1. The predicted octanol–water partition coefficient (Wildman–Crippen LogP) is 4.39. The van der Waals surface area contributed by atoms with Crippen LogP contribution in [0.3, 0.4) is 0 Å². The van der Waals surface area contributed by atoms with E-state index < -0.39 is 0 Å². The van der Waals surface area contributed by atoms with Crippen molar-refractivity contribution in [2.45, 2.75) is 17.3 Å². The molecule has 0 amide bonds. The molecular formula is C20H19N5O2S. The molecule has 0 radical (unpaired) electrons. The fraction of sp³-hybridized carbons (Fsp3) is 0.200. The second-order valence-electron chi connectivity index (χ2n) is 6.17. The van der Waals surface area contributed by atoms with Crippen LogP contribution < -0.4 is 4.74 Å². The van der Waals surface area contributed by atoms with E-state index in [1.54, 1.807) is 7.11 Å². The lowest BCUT2D eigenvalue weighted by molar-refractivity contribution is 0.415. The molecule has 2 aromatic carbocycles. The maximum atomic E-state index is 5.87. The molecule has 4 rings (SSSR count). The van der Waals surface area contributed by atoms with Crippen LogP contribution in [0.5, 0.6) is 5.75 Å². The quantitative estimate of drug-likeness (QED) is 0.449. The predicted molar refractivity (Wildman–Crippen MR) is 107 cm³/mol. The van der Waals surface area contributed by atoms with Crippen molar-refractivity contribution in [3.63, 3.8) is 0 Å². The molecule has 2 heterocycles.